The fourth-order valence-corrected chi connectivity index (χ4v) is 2.55. The first kappa shape index (κ1) is 15.4. The van der Waals surface area contributed by atoms with Gasteiger partial charge in [-0.25, -0.2) is 0 Å². The summed E-state index contributed by atoms with van der Waals surface area (Å²) in [5.41, 5.74) is 1.39. The van der Waals surface area contributed by atoms with E-state index in [1.165, 1.54) is 0 Å². The molecule has 1 unspecified atom stereocenters. The summed E-state index contributed by atoms with van der Waals surface area (Å²) in [5.74, 6) is -0.188. The SMILES string of the molecule is CC(NC(=O)c1ccc(Br)c(Cl)c1)c1ccccc1Cl. The molecule has 0 heterocycles. The number of hydrogen-bond donors (Lipinski definition) is 1. The maximum Gasteiger partial charge on any atom is 0.251 e. The second-order valence-corrected chi connectivity index (χ2v) is 6.01. The first-order valence-corrected chi connectivity index (χ1v) is 7.54. The summed E-state index contributed by atoms with van der Waals surface area (Å²) < 4.78 is 0.759. The molecule has 0 bridgehead atoms. The smallest absolute Gasteiger partial charge is 0.251 e. The third-order valence-electron chi connectivity index (χ3n) is 2.90. The third-order valence-corrected chi connectivity index (χ3v) is 4.48. The van der Waals surface area contributed by atoms with E-state index < -0.39 is 0 Å². The molecule has 5 heteroatoms. The minimum absolute atomic E-state index is 0.182. The molecule has 20 heavy (non-hydrogen) atoms. The van der Waals surface area contributed by atoms with Crippen LogP contribution in [0.25, 0.3) is 0 Å². The Bertz CT molecular complexity index is 646. The number of carbonyl (C=O) groups is 1. The van der Waals surface area contributed by atoms with E-state index in [4.69, 9.17) is 23.2 Å². The van der Waals surface area contributed by atoms with Gasteiger partial charge in [0.05, 0.1) is 11.1 Å². The van der Waals surface area contributed by atoms with Crippen molar-refractivity contribution in [3.05, 3.63) is 68.1 Å². The Hall–Kier alpha value is -1.03. The van der Waals surface area contributed by atoms with Gasteiger partial charge >= 0.3 is 0 Å². The molecule has 2 aromatic rings. The quantitative estimate of drug-likeness (QED) is 0.783. The summed E-state index contributed by atoms with van der Waals surface area (Å²) in [6.07, 6.45) is 0. The van der Waals surface area contributed by atoms with E-state index in [-0.39, 0.29) is 11.9 Å². The lowest BCUT2D eigenvalue weighted by Crippen LogP contribution is -2.26. The van der Waals surface area contributed by atoms with Crippen LogP contribution in [0.1, 0.15) is 28.9 Å². The third kappa shape index (κ3) is 3.54. The Labute approximate surface area is 136 Å². The lowest BCUT2D eigenvalue weighted by atomic mass is 10.1. The fourth-order valence-electron chi connectivity index (χ4n) is 1.82. The van der Waals surface area contributed by atoms with Gasteiger partial charge in [0, 0.05) is 15.1 Å². The molecule has 2 nitrogen and oxygen atoms in total. The van der Waals surface area contributed by atoms with Gasteiger partial charge < -0.3 is 5.32 Å². The molecule has 2 aromatic carbocycles. The van der Waals surface area contributed by atoms with Crippen molar-refractivity contribution >= 4 is 45.0 Å². The maximum absolute atomic E-state index is 12.2. The van der Waals surface area contributed by atoms with Gasteiger partial charge in [0.2, 0.25) is 0 Å². The summed E-state index contributed by atoms with van der Waals surface area (Å²) in [5, 5.41) is 4.04. The average molecular weight is 373 g/mol. The summed E-state index contributed by atoms with van der Waals surface area (Å²) in [6.45, 7) is 1.89. The lowest BCUT2D eigenvalue weighted by molar-refractivity contribution is 0.0940. The van der Waals surface area contributed by atoms with Crippen molar-refractivity contribution in [1.29, 1.82) is 0 Å². The first-order valence-electron chi connectivity index (χ1n) is 5.99. The summed E-state index contributed by atoms with van der Waals surface area (Å²) in [6, 6.07) is 12.3. The zero-order chi connectivity index (χ0) is 14.7. The summed E-state index contributed by atoms with van der Waals surface area (Å²) in [4.78, 5) is 12.2. The van der Waals surface area contributed by atoms with Crippen LogP contribution in [0, 0.1) is 0 Å². The standard InChI is InChI=1S/C15H12BrCl2NO/c1-9(11-4-2-3-5-13(11)17)19-15(20)10-6-7-12(16)14(18)8-10/h2-9H,1H3,(H,19,20). The van der Waals surface area contributed by atoms with Gasteiger partial charge in [0.1, 0.15) is 0 Å². The molecule has 0 radical (unpaired) electrons. The Balaban J connectivity index is 2.15. The number of carbonyl (C=O) groups excluding carboxylic acids is 1. The second kappa shape index (κ2) is 6.61. The van der Waals surface area contributed by atoms with Crippen molar-refractivity contribution in [2.45, 2.75) is 13.0 Å². The molecule has 2 rings (SSSR count). The number of rotatable bonds is 3. The van der Waals surface area contributed by atoms with Crippen LogP contribution in [0.4, 0.5) is 0 Å². The van der Waals surface area contributed by atoms with E-state index in [9.17, 15) is 4.79 Å². The van der Waals surface area contributed by atoms with Gasteiger partial charge in [-0.2, -0.15) is 0 Å². The Kier molecular flexibility index (Phi) is 5.08. The van der Waals surface area contributed by atoms with Crippen LogP contribution in [-0.4, -0.2) is 5.91 Å². The van der Waals surface area contributed by atoms with Crippen molar-refractivity contribution in [2.24, 2.45) is 0 Å². The van der Waals surface area contributed by atoms with Crippen molar-refractivity contribution in [3.63, 3.8) is 0 Å². The monoisotopic (exact) mass is 371 g/mol. The highest BCUT2D eigenvalue weighted by molar-refractivity contribution is 9.10. The van der Waals surface area contributed by atoms with Crippen molar-refractivity contribution in [1.82, 2.24) is 5.32 Å². The van der Waals surface area contributed by atoms with Gasteiger partial charge in [0.15, 0.2) is 0 Å². The van der Waals surface area contributed by atoms with Gasteiger partial charge in [0.25, 0.3) is 5.91 Å². The molecule has 0 aromatic heterocycles. The zero-order valence-electron chi connectivity index (χ0n) is 10.7. The van der Waals surface area contributed by atoms with E-state index >= 15 is 0 Å². The molecule has 1 amide bonds. The van der Waals surface area contributed by atoms with Gasteiger partial charge in [-0.3, -0.25) is 4.79 Å². The van der Waals surface area contributed by atoms with Crippen LogP contribution >= 0.6 is 39.1 Å². The first-order chi connectivity index (χ1) is 9.49. The molecule has 1 N–H and O–H groups in total. The molecular formula is C15H12BrCl2NO. The van der Waals surface area contributed by atoms with E-state index in [0.717, 1.165) is 10.0 Å². The Morgan fingerprint density at radius 2 is 1.85 bits per heavy atom. The molecule has 0 aliphatic heterocycles. The second-order valence-electron chi connectivity index (χ2n) is 4.35. The molecular weight excluding hydrogens is 361 g/mol. The van der Waals surface area contributed by atoms with Crippen LogP contribution in [0.2, 0.25) is 10.0 Å². The molecule has 0 aliphatic carbocycles. The number of benzene rings is 2. The van der Waals surface area contributed by atoms with E-state index in [2.05, 4.69) is 21.2 Å². The number of amides is 1. The van der Waals surface area contributed by atoms with Crippen LogP contribution in [-0.2, 0) is 0 Å². The highest BCUT2D eigenvalue weighted by atomic mass is 79.9. The Morgan fingerprint density at radius 1 is 1.15 bits per heavy atom. The normalized spacial score (nSPS) is 12.0. The molecule has 1 atom stereocenters. The highest BCUT2D eigenvalue weighted by Crippen LogP contribution is 2.25. The minimum atomic E-state index is -0.188. The highest BCUT2D eigenvalue weighted by Gasteiger charge is 2.14. The van der Waals surface area contributed by atoms with Crippen molar-refractivity contribution < 1.29 is 4.79 Å². The van der Waals surface area contributed by atoms with Crippen molar-refractivity contribution in [3.8, 4) is 0 Å². The van der Waals surface area contributed by atoms with E-state index in [1.807, 2.05) is 25.1 Å². The molecule has 0 saturated carbocycles. The van der Waals surface area contributed by atoms with Gasteiger partial charge in [-0.1, -0.05) is 41.4 Å². The molecule has 104 valence electrons. The minimum Gasteiger partial charge on any atom is -0.345 e. The molecule has 0 aliphatic rings. The average Bonchev–Trinajstić information content (AvgIpc) is 2.42. The molecule has 0 saturated heterocycles. The Morgan fingerprint density at radius 3 is 2.50 bits per heavy atom. The predicted octanol–water partition coefficient (Wildman–Crippen LogP) is 5.25. The van der Waals surface area contributed by atoms with Crippen LogP contribution in [0.3, 0.4) is 0 Å². The predicted molar refractivity (Wildman–Crippen MR) is 86.5 cm³/mol. The molecule has 0 fully saturated rings. The summed E-state index contributed by atoms with van der Waals surface area (Å²) >= 11 is 15.4. The maximum atomic E-state index is 12.2. The topological polar surface area (TPSA) is 29.1 Å². The van der Waals surface area contributed by atoms with Crippen LogP contribution < -0.4 is 5.32 Å². The lowest BCUT2D eigenvalue weighted by Gasteiger charge is -2.16. The summed E-state index contributed by atoms with van der Waals surface area (Å²) in [7, 11) is 0. The van der Waals surface area contributed by atoms with Crippen LogP contribution in [0.5, 0.6) is 0 Å². The number of hydrogen-bond acceptors (Lipinski definition) is 1. The van der Waals surface area contributed by atoms with E-state index in [1.54, 1.807) is 24.3 Å². The van der Waals surface area contributed by atoms with Gasteiger partial charge in [-0.05, 0) is 52.7 Å². The fraction of sp³-hybridized carbons (Fsp3) is 0.133. The van der Waals surface area contributed by atoms with Gasteiger partial charge in [-0.15, -0.1) is 0 Å². The zero-order valence-corrected chi connectivity index (χ0v) is 13.8. The molecule has 0 spiro atoms. The van der Waals surface area contributed by atoms with E-state index in [0.29, 0.717) is 15.6 Å². The van der Waals surface area contributed by atoms with Crippen molar-refractivity contribution in [2.75, 3.05) is 0 Å². The largest absolute Gasteiger partial charge is 0.345 e. The number of nitrogens with one attached hydrogen (secondary N) is 1. The van der Waals surface area contributed by atoms with Crippen LogP contribution in [0.15, 0.2) is 46.9 Å². The number of halogens is 3.